The van der Waals surface area contributed by atoms with Crippen LogP contribution < -0.4 is 9.62 Å². The van der Waals surface area contributed by atoms with Crippen LogP contribution in [0.3, 0.4) is 0 Å². The van der Waals surface area contributed by atoms with Gasteiger partial charge >= 0.3 is 0 Å². The monoisotopic (exact) mass is 569 g/mol. The molecule has 1 atom stereocenters. The van der Waals surface area contributed by atoms with Crippen LogP contribution in [0.4, 0.5) is 5.69 Å². The highest BCUT2D eigenvalue weighted by Crippen LogP contribution is 2.29. The first-order chi connectivity index (χ1) is 18.5. The first-order valence-corrected chi connectivity index (χ1v) is 14.8. The summed E-state index contributed by atoms with van der Waals surface area (Å²) in [5, 5.41) is 3.26. The maximum atomic E-state index is 14.1. The minimum Gasteiger partial charge on any atom is -0.355 e. The fraction of sp³-hybridized carbons (Fsp3) is 0.333. The minimum absolute atomic E-state index is 0.0549. The first kappa shape index (κ1) is 30.2. The van der Waals surface area contributed by atoms with Gasteiger partial charge in [0.2, 0.25) is 11.8 Å². The number of likely N-dealkylation sites (N-methyl/N-ethyl adjacent to an activating group) is 1. The van der Waals surface area contributed by atoms with Crippen molar-refractivity contribution >= 4 is 39.1 Å². The molecule has 39 heavy (non-hydrogen) atoms. The molecule has 9 heteroatoms. The Morgan fingerprint density at radius 3 is 2.21 bits per heavy atom. The Morgan fingerprint density at radius 2 is 1.59 bits per heavy atom. The van der Waals surface area contributed by atoms with Crippen molar-refractivity contribution < 1.29 is 18.0 Å². The highest BCUT2D eigenvalue weighted by Gasteiger charge is 2.34. The van der Waals surface area contributed by atoms with E-state index >= 15 is 0 Å². The molecule has 3 aromatic carbocycles. The summed E-state index contributed by atoms with van der Waals surface area (Å²) >= 11 is 6.42. The molecule has 0 fully saturated rings. The number of anilines is 1. The largest absolute Gasteiger partial charge is 0.355 e. The van der Waals surface area contributed by atoms with E-state index in [1.807, 2.05) is 33.8 Å². The van der Waals surface area contributed by atoms with Gasteiger partial charge in [-0.2, -0.15) is 0 Å². The van der Waals surface area contributed by atoms with Crippen LogP contribution in [0, 0.1) is 20.8 Å². The molecule has 0 bridgehead atoms. The number of halogens is 1. The Kier molecular flexibility index (Phi) is 10.2. The van der Waals surface area contributed by atoms with Gasteiger partial charge < -0.3 is 10.2 Å². The van der Waals surface area contributed by atoms with E-state index in [1.54, 1.807) is 67.6 Å². The number of benzene rings is 3. The Hall–Kier alpha value is -3.36. The number of hydrogen-bond donors (Lipinski definition) is 1. The van der Waals surface area contributed by atoms with Crippen LogP contribution in [0.5, 0.6) is 0 Å². The molecule has 0 aliphatic carbocycles. The molecule has 0 heterocycles. The van der Waals surface area contributed by atoms with Crippen LogP contribution in [-0.2, 0) is 26.2 Å². The average Bonchev–Trinajstić information content (AvgIpc) is 2.90. The second-order valence-electron chi connectivity index (χ2n) is 9.48. The second-order valence-corrected chi connectivity index (χ2v) is 11.7. The van der Waals surface area contributed by atoms with Crippen LogP contribution in [0.2, 0.25) is 5.02 Å². The van der Waals surface area contributed by atoms with Gasteiger partial charge in [0, 0.05) is 18.1 Å². The standard InChI is InChI=1S/C30H36ClN3O4S/c1-6-27(30(36)32-7-2)33(19-24-12-8-9-13-26(24)31)29(35)20-34(28-14-10-11-22(4)23(28)5)39(37,38)25-17-15-21(3)16-18-25/h8-18,27H,6-7,19-20H2,1-5H3,(H,32,36)/t27-/m1/s1. The molecule has 0 unspecified atom stereocenters. The maximum absolute atomic E-state index is 14.1. The minimum atomic E-state index is -4.12. The molecule has 0 saturated carbocycles. The summed E-state index contributed by atoms with van der Waals surface area (Å²) < 4.78 is 29.2. The Labute approximate surface area is 236 Å². The van der Waals surface area contributed by atoms with Gasteiger partial charge in [-0.25, -0.2) is 8.42 Å². The summed E-state index contributed by atoms with van der Waals surface area (Å²) in [6.45, 7) is 9.20. The number of rotatable bonds is 11. The van der Waals surface area contributed by atoms with Crippen molar-refractivity contribution in [3.63, 3.8) is 0 Å². The van der Waals surface area contributed by atoms with Crippen molar-refractivity contribution in [2.24, 2.45) is 0 Å². The highest BCUT2D eigenvalue weighted by atomic mass is 35.5. The number of nitrogens with one attached hydrogen (secondary N) is 1. The topological polar surface area (TPSA) is 86.8 Å². The van der Waals surface area contributed by atoms with E-state index in [4.69, 9.17) is 11.6 Å². The van der Waals surface area contributed by atoms with Crippen LogP contribution >= 0.6 is 11.6 Å². The van der Waals surface area contributed by atoms with Crippen LogP contribution in [0.1, 0.15) is 42.5 Å². The zero-order valence-electron chi connectivity index (χ0n) is 23.1. The molecular formula is C30H36ClN3O4S. The summed E-state index contributed by atoms with van der Waals surface area (Å²) in [5.41, 5.74) is 3.63. The molecule has 0 radical (unpaired) electrons. The normalized spacial score (nSPS) is 12.1. The predicted molar refractivity (Wildman–Crippen MR) is 156 cm³/mol. The van der Waals surface area contributed by atoms with Crippen molar-refractivity contribution in [2.45, 2.75) is 58.5 Å². The number of amides is 2. The van der Waals surface area contributed by atoms with E-state index in [0.717, 1.165) is 21.0 Å². The smallest absolute Gasteiger partial charge is 0.264 e. The molecule has 1 N–H and O–H groups in total. The lowest BCUT2D eigenvalue weighted by Gasteiger charge is -2.33. The Bertz CT molecular complexity index is 1420. The van der Waals surface area contributed by atoms with Crippen molar-refractivity contribution in [3.8, 4) is 0 Å². The molecule has 0 saturated heterocycles. The molecule has 0 aliphatic heterocycles. The third-order valence-electron chi connectivity index (χ3n) is 6.77. The number of sulfonamides is 1. The number of hydrogen-bond acceptors (Lipinski definition) is 4. The van der Waals surface area contributed by atoms with Crippen molar-refractivity contribution in [1.82, 2.24) is 10.2 Å². The van der Waals surface area contributed by atoms with E-state index < -0.39 is 28.5 Å². The van der Waals surface area contributed by atoms with E-state index in [0.29, 0.717) is 29.2 Å². The fourth-order valence-electron chi connectivity index (χ4n) is 4.38. The van der Waals surface area contributed by atoms with E-state index in [-0.39, 0.29) is 17.3 Å². The summed E-state index contributed by atoms with van der Waals surface area (Å²) in [6, 6.07) is 18.2. The lowest BCUT2D eigenvalue weighted by molar-refractivity contribution is -0.140. The van der Waals surface area contributed by atoms with Gasteiger partial charge in [0.05, 0.1) is 10.6 Å². The Morgan fingerprint density at radius 1 is 0.923 bits per heavy atom. The quantitative estimate of drug-likeness (QED) is 0.335. The van der Waals surface area contributed by atoms with E-state index in [9.17, 15) is 18.0 Å². The van der Waals surface area contributed by atoms with Gasteiger partial charge in [0.15, 0.2) is 0 Å². The van der Waals surface area contributed by atoms with Crippen molar-refractivity contribution in [3.05, 3.63) is 94.0 Å². The zero-order chi connectivity index (χ0) is 28.7. The molecule has 0 spiro atoms. The lowest BCUT2D eigenvalue weighted by atomic mass is 10.1. The van der Waals surface area contributed by atoms with Crippen molar-refractivity contribution in [2.75, 3.05) is 17.4 Å². The second kappa shape index (κ2) is 13.1. The number of aryl methyl sites for hydroxylation is 2. The lowest BCUT2D eigenvalue weighted by Crippen LogP contribution is -2.52. The van der Waals surface area contributed by atoms with E-state index in [1.165, 1.54) is 4.90 Å². The fourth-order valence-corrected chi connectivity index (χ4v) is 6.05. The average molecular weight is 570 g/mol. The third kappa shape index (κ3) is 6.99. The molecule has 2 amide bonds. The predicted octanol–water partition coefficient (Wildman–Crippen LogP) is 5.40. The van der Waals surface area contributed by atoms with Gasteiger partial charge in [-0.15, -0.1) is 0 Å². The summed E-state index contributed by atoms with van der Waals surface area (Å²) in [4.78, 5) is 28.6. The number of nitrogens with zero attached hydrogens (tertiary/aromatic N) is 2. The van der Waals surface area contributed by atoms with Crippen LogP contribution in [0.25, 0.3) is 0 Å². The molecule has 7 nitrogen and oxygen atoms in total. The van der Waals surface area contributed by atoms with Crippen LogP contribution in [0.15, 0.2) is 71.6 Å². The summed E-state index contributed by atoms with van der Waals surface area (Å²) in [6.07, 6.45) is 0.343. The molecule has 0 aromatic heterocycles. The number of carbonyl (C=O) groups is 2. The first-order valence-electron chi connectivity index (χ1n) is 13.0. The molecule has 3 aromatic rings. The number of carbonyl (C=O) groups excluding carboxylic acids is 2. The summed E-state index contributed by atoms with van der Waals surface area (Å²) in [5.74, 6) is -0.815. The summed E-state index contributed by atoms with van der Waals surface area (Å²) in [7, 11) is -4.12. The van der Waals surface area contributed by atoms with Crippen LogP contribution in [-0.4, -0.2) is 44.3 Å². The van der Waals surface area contributed by atoms with E-state index in [2.05, 4.69) is 5.32 Å². The molecule has 3 rings (SSSR count). The van der Waals surface area contributed by atoms with Gasteiger partial charge in [0.25, 0.3) is 10.0 Å². The SMILES string of the molecule is CCNC(=O)[C@@H](CC)N(Cc1ccccc1Cl)C(=O)CN(c1cccc(C)c1C)S(=O)(=O)c1ccc(C)cc1. The van der Waals surface area contributed by atoms with Gasteiger partial charge in [-0.05, 0) is 75.1 Å². The Balaban J connectivity index is 2.12. The van der Waals surface area contributed by atoms with Gasteiger partial charge in [-0.3, -0.25) is 13.9 Å². The highest BCUT2D eigenvalue weighted by molar-refractivity contribution is 7.92. The molecule has 208 valence electrons. The van der Waals surface area contributed by atoms with Gasteiger partial charge in [-0.1, -0.05) is 66.6 Å². The molecular weight excluding hydrogens is 534 g/mol. The van der Waals surface area contributed by atoms with Crippen molar-refractivity contribution in [1.29, 1.82) is 0 Å². The molecule has 0 aliphatic rings. The third-order valence-corrected chi connectivity index (χ3v) is 8.91. The van der Waals surface area contributed by atoms with Gasteiger partial charge in [0.1, 0.15) is 12.6 Å². The zero-order valence-corrected chi connectivity index (χ0v) is 24.6. The maximum Gasteiger partial charge on any atom is 0.264 e.